The Kier molecular flexibility index (Phi) is 6.72. The highest BCUT2D eigenvalue weighted by atomic mass is 16.6. The second-order valence-electron chi connectivity index (χ2n) is 7.95. The molecule has 1 N–H and O–H groups in total. The maximum atomic E-state index is 12.7. The molecule has 0 aliphatic carbocycles. The lowest BCUT2D eigenvalue weighted by atomic mass is 10.0. The molecule has 0 amide bonds. The van der Waals surface area contributed by atoms with Crippen molar-refractivity contribution in [3.05, 3.63) is 39.4 Å². The van der Waals surface area contributed by atoms with Gasteiger partial charge in [0.25, 0.3) is 0 Å². The fourth-order valence-electron chi connectivity index (χ4n) is 3.16. The summed E-state index contributed by atoms with van der Waals surface area (Å²) >= 11 is 0. The molecule has 0 fully saturated rings. The van der Waals surface area contributed by atoms with Crippen molar-refractivity contribution in [3.63, 3.8) is 0 Å². The largest absolute Gasteiger partial charge is 0.469 e. The van der Waals surface area contributed by atoms with Crippen LogP contribution in [0.3, 0.4) is 0 Å². The van der Waals surface area contributed by atoms with Gasteiger partial charge in [-0.3, -0.25) is 4.79 Å². The molecule has 2 rings (SSSR count). The van der Waals surface area contributed by atoms with Crippen LogP contribution in [0, 0.1) is 6.92 Å². The van der Waals surface area contributed by atoms with Gasteiger partial charge >= 0.3 is 17.9 Å². The van der Waals surface area contributed by atoms with Crippen molar-refractivity contribution in [2.45, 2.75) is 66.4 Å². The maximum absolute atomic E-state index is 12.7. The Labute approximate surface area is 171 Å². The molecule has 7 heteroatoms. The third-order valence-electron chi connectivity index (χ3n) is 4.73. The summed E-state index contributed by atoms with van der Waals surface area (Å²) in [5, 5.41) is 0. The first kappa shape index (κ1) is 22.5. The van der Waals surface area contributed by atoms with E-state index in [9.17, 15) is 14.4 Å². The highest BCUT2D eigenvalue weighted by Crippen LogP contribution is 2.31. The summed E-state index contributed by atoms with van der Waals surface area (Å²) in [4.78, 5) is 39.4. The van der Waals surface area contributed by atoms with E-state index in [1.807, 2.05) is 20.8 Å². The number of esters is 3. The molecule has 0 unspecified atom stereocenters. The summed E-state index contributed by atoms with van der Waals surface area (Å²) in [6.45, 7) is 10.9. The van der Waals surface area contributed by atoms with Gasteiger partial charge in [0, 0.05) is 29.3 Å². The van der Waals surface area contributed by atoms with E-state index >= 15 is 0 Å². The minimum absolute atomic E-state index is 0.134. The van der Waals surface area contributed by atoms with Gasteiger partial charge in [-0.15, -0.1) is 0 Å². The monoisotopic (exact) mass is 403 g/mol. The normalized spacial score (nSPS) is 15.7. The number of allylic oxidation sites excluding steroid dienone is 1. The molecule has 158 valence electrons. The quantitative estimate of drug-likeness (QED) is 0.570. The van der Waals surface area contributed by atoms with Gasteiger partial charge in [0.2, 0.25) is 0 Å². The van der Waals surface area contributed by atoms with Crippen LogP contribution >= 0.6 is 0 Å². The molecule has 1 aromatic heterocycles. The molecule has 1 aromatic rings. The van der Waals surface area contributed by atoms with Gasteiger partial charge in [-0.1, -0.05) is 6.92 Å². The predicted molar refractivity (Wildman–Crippen MR) is 108 cm³/mol. The van der Waals surface area contributed by atoms with Crippen molar-refractivity contribution in [2.75, 3.05) is 7.11 Å². The van der Waals surface area contributed by atoms with Crippen LogP contribution in [0.1, 0.15) is 74.8 Å². The second-order valence-corrected chi connectivity index (χ2v) is 7.95. The Morgan fingerprint density at radius 2 is 1.86 bits per heavy atom. The lowest BCUT2D eigenvalue weighted by molar-refractivity contribution is -0.140. The number of H-pyrrole nitrogens is 1. The van der Waals surface area contributed by atoms with Crippen molar-refractivity contribution in [3.8, 4) is 0 Å². The molecule has 0 atom stereocenters. The Morgan fingerprint density at radius 3 is 2.38 bits per heavy atom. The standard InChI is InChI=1S/C22H29NO6/c1-8-14-13(3)17(28-20(14)25)11-16-12(2)15(9-10-18(24)27-7)19(23-16)21(26)29-22(4,5)6/h11,23H,8-10H2,1-7H3/b17-11-. The van der Waals surface area contributed by atoms with Crippen LogP contribution < -0.4 is 0 Å². The topological polar surface area (TPSA) is 94.7 Å². The lowest BCUT2D eigenvalue weighted by Gasteiger charge is -2.19. The van der Waals surface area contributed by atoms with Crippen molar-refractivity contribution in [2.24, 2.45) is 0 Å². The first-order valence-electron chi connectivity index (χ1n) is 9.64. The Hall–Kier alpha value is -2.83. The van der Waals surface area contributed by atoms with Gasteiger partial charge in [-0.2, -0.15) is 0 Å². The SMILES string of the molecule is CCC1=C(C)/C(=C/c2[nH]c(C(=O)OC(C)(C)C)c(CCC(=O)OC)c2C)OC1=O. The maximum Gasteiger partial charge on any atom is 0.355 e. The minimum Gasteiger partial charge on any atom is -0.469 e. The summed E-state index contributed by atoms with van der Waals surface area (Å²) in [7, 11) is 1.33. The second kappa shape index (κ2) is 8.68. The third kappa shape index (κ3) is 5.16. The fourth-order valence-corrected chi connectivity index (χ4v) is 3.16. The smallest absolute Gasteiger partial charge is 0.355 e. The molecule has 0 bridgehead atoms. The molecular weight excluding hydrogens is 374 g/mol. The molecule has 0 saturated carbocycles. The van der Waals surface area contributed by atoms with Crippen LogP contribution in [0.25, 0.3) is 6.08 Å². The van der Waals surface area contributed by atoms with Gasteiger partial charge in [0.15, 0.2) is 0 Å². The van der Waals surface area contributed by atoms with Gasteiger partial charge in [-0.05, 0) is 58.6 Å². The van der Waals surface area contributed by atoms with Crippen LogP contribution in [0.5, 0.6) is 0 Å². The highest BCUT2D eigenvalue weighted by molar-refractivity contribution is 5.96. The Morgan fingerprint density at radius 1 is 1.21 bits per heavy atom. The number of carbonyl (C=O) groups excluding carboxylic acids is 3. The summed E-state index contributed by atoms with van der Waals surface area (Å²) < 4.78 is 15.6. The number of cyclic esters (lactones) is 1. The van der Waals surface area contributed by atoms with Gasteiger partial charge in [0.1, 0.15) is 17.1 Å². The molecule has 2 heterocycles. The van der Waals surface area contributed by atoms with E-state index < -0.39 is 11.6 Å². The molecule has 1 aliphatic heterocycles. The van der Waals surface area contributed by atoms with Crippen LogP contribution in [-0.4, -0.2) is 35.6 Å². The van der Waals surface area contributed by atoms with E-state index in [1.165, 1.54) is 7.11 Å². The van der Waals surface area contributed by atoms with Gasteiger partial charge in [-0.25, -0.2) is 9.59 Å². The van der Waals surface area contributed by atoms with E-state index in [1.54, 1.807) is 26.8 Å². The zero-order chi connectivity index (χ0) is 21.9. The van der Waals surface area contributed by atoms with E-state index in [0.717, 1.165) is 11.1 Å². The van der Waals surface area contributed by atoms with Crippen LogP contribution in [0.4, 0.5) is 0 Å². The summed E-state index contributed by atoms with van der Waals surface area (Å²) in [5.41, 5.74) is 3.14. The zero-order valence-corrected chi connectivity index (χ0v) is 18.1. The minimum atomic E-state index is -0.662. The Balaban J connectivity index is 2.48. The van der Waals surface area contributed by atoms with E-state index in [4.69, 9.17) is 14.2 Å². The summed E-state index contributed by atoms with van der Waals surface area (Å²) in [6, 6.07) is 0. The number of hydrogen-bond donors (Lipinski definition) is 1. The van der Waals surface area contributed by atoms with Crippen molar-refractivity contribution >= 4 is 24.0 Å². The van der Waals surface area contributed by atoms with Crippen LogP contribution in [0.2, 0.25) is 0 Å². The number of carbonyl (C=O) groups is 3. The highest BCUT2D eigenvalue weighted by Gasteiger charge is 2.28. The Bertz CT molecular complexity index is 895. The fraction of sp³-hybridized carbons (Fsp3) is 0.500. The first-order valence-corrected chi connectivity index (χ1v) is 9.64. The van der Waals surface area contributed by atoms with E-state index in [0.29, 0.717) is 35.4 Å². The average Bonchev–Trinajstić information content (AvgIpc) is 3.08. The molecule has 0 aromatic carbocycles. The van der Waals surface area contributed by atoms with Crippen LogP contribution in [0.15, 0.2) is 16.9 Å². The van der Waals surface area contributed by atoms with Crippen molar-refractivity contribution in [1.82, 2.24) is 4.98 Å². The average molecular weight is 403 g/mol. The molecule has 7 nitrogen and oxygen atoms in total. The van der Waals surface area contributed by atoms with Gasteiger partial charge < -0.3 is 19.2 Å². The summed E-state index contributed by atoms with van der Waals surface area (Å²) in [5.74, 6) is -0.767. The number of aromatic nitrogens is 1. The predicted octanol–water partition coefficient (Wildman–Crippen LogP) is 4.01. The molecule has 0 radical (unpaired) electrons. The van der Waals surface area contributed by atoms with E-state index in [-0.39, 0.29) is 24.1 Å². The number of ether oxygens (including phenoxy) is 3. The number of aromatic amines is 1. The number of methoxy groups -OCH3 is 1. The lowest BCUT2D eigenvalue weighted by Crippen LogP contribution is -2.24. The molecule has 0 saturated heterocycles. The number of rotatable bonds is 6. The number of nitrogens with one attached hydrogen (secondary N) is 1. The van der Waals surface area contributed by atoms with E-state index in [2.05, 4.69) is 4.98 Å². The third-order valence-corrected chi connectivity index (χ3v) is 4.73. The first-order chi connectivity index (χ1) is 13.5. The molecule has 29 heavy (non-hydrogen) atoms. The number of hydrogen-bond acceptors (Lipinski definition) is 6. The van der Waals surface area contributed by atoms with Gasteiger partial charge in [0.05, 0.1) is 7.11 Å². The molecular formula is C22H29NO6. The zero-order valence-electron chi connectivity index (χ0n) is 18.1. The molecule has 1 aliphatic rings. The van der Waals surface area contributed by atoms with Crippen molar-refractivity contribution in [1.29, 1.82) is 0 Å². The van der Waals surface area contributed by atoms with Crippen LogP contribution in [-0.2, 0) is 30.2 Å². The summed E-state index contributed by atoms with van der Waals surface area (Å²) in [6.07, 6.45) is 2.75. The van der Waals surface area contributed by atoms with Crippen molar-refractivity contribution < 1.29 is 28.6 Å². The molecule has 0 spiro atoms.